The number of nitrogens with zero attached hydrogens (tertiary/aromatic N) is 1. The summed E-state index contributed by atoms with van der Waals surface area (Å²) in [5.74, 6) is 0. The lowest BCUT2D eigenvalue weighted by Gasteiger charge is -2.10. The number of rotatable bonds is 1. The van der Waals surface area contributed by atoms with Crippen LogP contribution in [0.3, 0.4) is 0 Å². The average Bonchev–Trinajstić information content (AvgIpc) is 3.27. The number of fused-ring (bicyclic) bond motifs is 2. The second kappa shape index (κ2) is 7.18. The van der Waals surface area contributed by atoms with E-state index in [2.05, 4.69) is 95.2 Å². The highest BCUT2D eigenvalue weighted by molar-refractivity contribution is 6.05. The summed E-state index contributed by atoms with van der Waals surface area (Å²) in [6, 6.07) is 30.2. The molecule has 0 atom stereocenters. The van der Waals surface area contributed by atoms with Crippen LogP contribution in [0.5, 0.6) is 0 Å². The van der Waals surface area contributed by atoms with E-state index >= 15 is 0 Å². The van der Waals surface area contributed by atoms with Crippen LogP contribution in [0.1, 0.15) is 0 Å². The zero-order valence-electron chi connectivity index (χ0n) is 14.0. The Morgan fingerprint density at radius 1 is 0.600 bits per heavy atom. The predicted molar refractivity (Wildman–Crippen MR) is 108 cm³/mol. The lowest BCUT2D eigenvalue weighted by Crippen LogP contribution is -2.04. The van der Waals surface area contributed by atoms with E-state index in [-0.39, 0.29) is 0 Å². The fraction of sp³-hybridized carbons (Fsp3) is 0.0870. The van der Waals surface area contributed by atoms with Crippen molar-refractivity contribution in [3.05, 3.63) is 84.9 Å². The molecule has 4 aromatic carbocycles. The molecular weight excluding hydrogens is 304 g/mol. The molecule has 0 bridgehead atoms. The van der Waals surface area contributed by atoms with Crippen molar-refractivity contribution in [1.82, 2.24) is 5.32 Å². The zero-order chi connectivity index (χ0) is 16.9. The second-order valence-electron chi connectivity index (χ2n) is 6.04. The standard InChI is InChI=1S/C20H14.C3H6N2/c1-3-11-17-15(7-1)9-5-13-19(17)20-14-6-10-16-8-2-4-12-18(16)20;1-2-5-3-4-1/h1-14H;3H,1-2H2,(H,4,5). The van der Waals surface area contributed by atoms with E-state index in [0.29, 0.717) is 0 Å². The van der Waals surface area contributed by atoms with Crippen LogP contribution >= 0.6 is 0 Å². The van der Waals surface area contributed by atoms with Gasteiger partial charge in [-0.25, -0.2) is 0 Å². The van der Waals surface area contributed by atoms with Crippen molar-refractivity contribution in [2.75, 3.05) is 13.1 Å². The first-order valence-corrected chi connectivity index (χ1v) is 8.61. The Morgan fingerprint density at radius 2 is 1.12 bits per heavy atom. The quantitative estimate of drug-likeness (QED) is 0.506. The van der Waals surface area contributed by atoms with Crippen molar-refractivity contribution in [3.8, 4) is 11.1 Å². The monoisotopic (exact) mass is 324 g/mol. The van der Waals surface area contributed by atoms with Crippen LogP contribution in [0.4, 0.5) is 0 Å². The molecule has 25 heavy (non-hydrogen) atoms. The van der Waals surface area contributed by atoms with Crippen LogP contribution in [-0.2, 0) is 0 Å². The van der Waals surface area contributed by atoms with Crippen LogP contribution in [0.2, 0.25) is 0 Å². The van der Waals surface area contributed by atoms with Gasteiger partial charge in [0.15, 0.2) is 0 Å². The lowest BCUT2D eigenvalue weighted by molar-refractivity contribution is 0.965. The van der Waals surface area contributed by atoms with Crippen molar-refractivity contribution >= 4 is 27.9 Å². The second-order valence-corrected chi connectivity index (χ2v) is 6.04. The molecule has 0 amide bonds. The summed E-state index contributed by atoms with van der Waals surface area (Å²) in [5.41, 5.74) is 2.61. The summed E-state index contributed by atoms with van der Waals surface area (Å²) in [6.07, 6.45) is 1.74. The van der Waals surface area contributed by atoms with Gasteiger partial charge in [-0.3, -0.25) is 4.99 Å². The van der Waals surface area contributed by atoms with Gasteiger partial charge in [-0.2, -0.15) is 0 Å². The summed E-state index contributed by atoms with van der Waals surface area (Å²) in [7, 11) is 0. The van der Waals surface area contributed by atoms with Crippen LogP contribution < -0.4 is 5.32 Å². The minimum Gasteiger partial charge on any atom is -0.375 e. The summed E-state index contributed by atoms with van der Waals surface area (Å²) in [6.45, 7) is 1.99. The molecule has 1 N–H and O–H groups in total. The molecule has 0 aromatic heterocycles. The Balaban J connectivity index is 0.000000272. The fourth-order valence-corrected chi connectivity index (χ4v) is 3.24. The van der Waals surface area contributed by atoms with Crippen LogP contribution in [0, 0.1) is 0 Å². The van der Waals surface area contributed by atoms with Crippen LogP contribution in [-0.4, -0.2) is 19.4 Å². The summed E-state index contributed by atoms with van der Waals surface area (Å²) in [4.78, 5) is 3.85. The molecule has 1 aliphatic rings. The van der Waals surface area contributed by atoms with Gasteiger partial charge >= 0.3 is 0 Å². The molecule has 1 heterocycles. The highest BCUT2D eigenvalue weighted by atomic mass is 15.0. The van der Waals surface area contributed by atoms with Crippen molar-refractivity contribution in [2.45, 2.75) is 0 Å². The minimum atomic E-state index is 0.958. The topological polar surface area (TPSA) is 24.4 Å². The molecule has 122 valence electrons. The first-order chi connectivity index (χ1) is 12.4. The smallest absolute Gasteiger partial charge is 0.0825 e. The van der Waals surface area contributed by atoms with E-state index < -0.39 is 0 Å². The van der Waals surface area contributed by atoms with Crippen molar-refractivity contribution in [2.24, 2.45) is 4.99 Å². The maximum absolute atomic E-state index is 3.85. The fourth-order valence-electron chi connectivity index (χ4n) is 3.24. The molecule has 2 nitrogen and oxygen atoms in total. The van der Waals surface area contributed by atoms with Gasteiger partial charge in [-0.1, -0.05) is 84.9 Å². The third-order valence-electron chi connectivity index (χ3n) is 4.44. The third kappa shape index (κ3) is 3.24. The molecule has 1 aliphatic heterocycles. The molecule has 0 radical (unpaired) electrons. The summed E-state index contributed by atoms with van der Waals surface area (Å²) >= 11 is 0. The first kappa shape index (κ1) is 15.4. The summed E-state index contributed by atoms with van der Waals surface area (Å²) in [5, 5.41) is 8.13. The zero-order valence-corrected chi connectivity index (χ0v) is 14.0. The number of aliphatic imine (C=N–C) groups is 1. The highest BCUT2D eigenvalue weighted by Gasteiger charge is 2.06. The van der Waals surface area contributed by atoms with E-state index in [9.17, 15) is 0 Å². The minimum absolute atomic E-state index is 0.958. The van der Waals surface area contributed by atoms with Gasteiger partial charge in [0.05, 0.1) is 12.9 Å². The molecule has 0 fully saturated rings. The number of hydrogen-bond donors (Lipinski definition) is 1. The van der Waals surface area contributed by atoms with Gasteiger partial charge in [-0.05, 0) is 32.7 Å². The largest absolute Gasteiger partial charge is 0.375 e. The van der Waals surface area contributed by atoms with Gasteiger partial charge < -0.3 is 5.32 Å². The molecule has 0 unspecified atom stereocenters. The van der Waals surface area contributed by atoms with Gasteiger partial charge in [0.1, 0.15) is 0 Å². The van der Waals surface area contributed by atoms with Gasteiger partial charge in [0.2, 0.25) is 0 Å². The first-order valence-electron chi connectivity index (χ1n) is 8.61. The predicted octanol–water partition coefficient (Wildman–Crippen LogP) is 5.28. The van der Waals surface area contributed by atoms with E-state index in [1.165, 1.54) is 32.7 Å². The Hall–Kier alpha value is -3.13. The normalized spacial score (nSPS) is 12.6. The molecule has 0 saturated carbocycles. The maximum atomic E-state index is 3.85. The van der Waals surface area contributed by atoms with Crippen LogP contribution in [0.25, 0.3) is 32.7 Å². The number of hydrogen-bond acceptors (Lipinski definition) is 2. The Labute approximate surface area is 147 Å². The molecular formula is C23H20N2. The number of nitrogens with one attached hydrogen (secondary N) is 1. The Bertz CT molecular complexity index is 940. The molecule has 0 aliphatic carbocycles. The third-order valence-corrected chi connectivity index (χ3v) is 4.44. The van der Waals surface area contributed by atoms with E-state index in [0.717, 1.165) is 13.1 Å². The molecule has 0 saturated heterocycles. The van der Waals surface area contributed by atoms with E-state index in [4.69, 9.17) is 0 Å². The Kier molecular flexibility index (Phi) is 4.42. The molecule has 5 rings (SSSR count). The average molecular weight is 324 g/mol. The lowest BCUT2D eigenvalue weighted by atomic mass is 9.94. The Morgan fingerprint density at radius 3 is 1.56 bits per heavy atom. The van der Waals surface area contributed by atoms with Gasteiger partial charge in [-0.15, -0.1) is 0 Å². The number of benzene rings is 4. The van der Waals surface area contributed by atoms with Crippen molar-refractivity contribution < 1.29 is 0 Å². The van der Waals surface area contributed by atoms with Gasteiger partial charge in [0.25, 0.3) is 0 Å². The molecule has 2 heteroatoms. The van der Waals surface area contributed by atoms with Crippen molar-refractivity contribution in [3.63, 3.8) is 0 Å². The van der Waals surface area contributed by atoms with E-state index in [1.54, 1.807) is 6.34 Å². The SMILES string of the molecule is C1=NCCN1.c1ccc2c(-c3cccc4ccccc34)cccc2c1. The highest BCUT2D eigenvalue weighted by Crippen LogP contribution is 2.33. The maximum Gasteiger partial charge on any atom is 0.0825 e. The van der Waals surface area contributed by atoms with Gasteiger partial charge in [0, 0.05) is 6.54 Å². The molecule has 0 spiro atoms. The van der Waals surface area contributed by atoms with Crippen LogP contribution in [0.15, 0.2) is 89.9 Å². The molecule has 4 aromatic rings. The van der Waals surface area contributed by atoms with E-state index in [1.807, 2.05) is 0 Å². The summed E-state index contributed by atoms with van der Waals surface area (Å²) < 4.78 is 0. The van der Waals surface area contributed by atoms with Crippen molar-refractivity contribution in [1.29, 1.82) is 0 Å².